The molecule has 0 bridgehead atoms. The largest absolute Gasteiger partial charge is 0.294 e. The van der Waals surface area contributed by atoms with Crippen LogP contribution in [0, 0.1) is 11.8 Å². The molecular weight excluding hydrogens is 368 g/mol. The van der Waals surface area contributed by atoms with Gasteiger partial charge in [0.25, 0.3) is 0 Å². The highest BCUT2D eigenvalue weighted by atomic mass is 32.2. The summed E-state index contributed by atoms with van der Waals surface area (Å²) in [5, 5.41) is 0. The van der Waals surface area contributed by atoms with Gasteiger partial charge in [0, 0.05) is 24.7 Å². The van der Waals surface area contributed by atoms with Gasteiger partial charge in [-0.25, -0.2) is 8.42 Å². The summed E-state index contributed by atoms with van der Waals surface area (Å²) in [7, 11) is -1.31. The minimum absolute atomic E-state index is 0.0245. The zero-order chi connectivity index (χ0) is 19.9. The maximum absolute atomic E-state index is 13.4. The van der Waals surface area contributed by atoms with Crippen LogP contribution in [0.5, 0.6) is 0 Å². The molecule has 1 heterocycles. The fourth-order valence-corrected chi connectivity index (χ4v) is 6.80. The van der Waals surface area contributed by atoms with Crippen LogP contribution in [0.4, 0.5) is 0 Å². The van der Waals surface area contributed by atoms with E-state index in [0.717, 1.165) is 19.4 Å². The highest BCUT2D eigenvalue weighted by molar-refractivity contribution is 7.89. The molecule has 1 saturated carbocycles. The number of hydrogen-bond acceptors (Lipinski definition) is 3. The maximum atomic E-state index is 13.4. The Morgan fingerprint density at radius 2 is 1.68 bits per heavy atom. The molecule has 0 spiro atoms. The molecule has 0 radical (unpaired) electrons. The van der Waals surface area contributed by atoms with Gasteiger partial charge >= 0.3 is 0 Å². The molecule has 2 aromatic carbocycles. The van der Waals surface area contributed by atoms with Crippen LogP contribution in [0.2, 0.25) is 0 Å². The van der Waals surface area contributed by atoms with Crippen LogP contribution in [0.3, 0.4) is 0 Å². The molecule has 1 aliphatic heterocycles. The van der Waals surface area contributed by atoms with Crippen LogP contribution in [-0.2, 0) is 16.6 Å². The summed E-state index contributed by atoms with van der Waals surface area (Å²) in [6.45, 7) is 5.86. The topological polar surface area (TPSA) is 40.6 Å². The Balaban J connectivity index is 1.64. The third kappa shape index (κ3) is 3.30. The highest BCUT2D eigenvalue weighted by Gasteiger charge is 2.69. The van der Waals surface area contributed by atoms with Crippen molar-refractivity contribution in [2.24, 2.45) is 11.8 Å². The van der Waals surface area contributed by atoms with E-state index in [1.165, 1.54) is 5.56 Å². The Hall–Kier alpha value is -1.69. The van der Waals surface area contributed by atoms with E-state index in [9.17, 15) is 8.42 Å². The minimum Gasteiger partial charge on any atom is -0.294 e. The monoisotopic (exact) mass is 398 g/mol. The van der Waals surface area contributed by atoms with Crippen molar-refractivity contribution < 1.29 is 8.42 Å². The molecule has 0 N–H and O–H groups in total. The second kappa shape index (κ2) is 7.29. The molecule has 0 aromatic heterocycles. The fraction of sp³-hybridized carbons (Fsp3) is 0.478. The predicted octanol–water partition coefficient (Wildman–Crippen LogP) is 4.00. The van der Waals surface area contributed by atoms with Gasteiger partial charge in [0.15, 0.2) is 0 Å². The van der Waals surface area contributed by atoms with Crippen LogP contribution >= 0.6 is 0 Å². The number of nitrogens with zero attached hydrogens (tertiary/aromatic N) is 2. The molecule has 2 aliphatic rings. The number of benzene rings is 2. The van der Waals surface area contributed by atoms with Gasteiger partial charge in [-0.1, -0.05) is 62.4 Å². The molecule has 2 aromatic rings. The molecule has 2 fully saturated rings. The molecule has 1 aliphatic carbocycles. The Kier molecular flexibility index (Phi) is 5.10. The maximum Gasteiger partial charge on any atom is 0.243 e. The number of likely N-dealkylation sites (N-methyl/N-ethyl adjacent to an activating group) is 1. The van der Waals surface area contributed by atoms with Gasteiger partial charge in [-0.2, -0.15) is 4.31 Å². The summed E-state index contributed by atoms with van der Waals surface area (Å²) in [5.74, 6) is 0.864. The second-order valence-corrected chi connectivity index (χ2v) is 10.7. The van der Waals surface area contributed by atoms with Gasteiger partial charge < -0.3 is 0 Å². The van der Waals surface area contributed by atoms with Crippen molar-refractivity contribution in [3.63, 3.8) is 0 Å². The first-order valence-corrected chi connectivity index (χ1v) is 11.6. The first-order valence-electron chi connectivity index (χ1n) is 10.2. The summed E-state index contributed by atoms with van der Waals surface area (Å²) < 4.78 is 28.6. The third-order valence-electron chi connectivity index (χ3n) is 6.46. The second-order valence-electron chi connectivity index (χ2n) is 8.77. The Morgan fingerprint density at radius 1 is 1.07 bits per heavy atom. The van der Waals surface area contributed by atoms with Crippen molar-refractivity contribution in [1.82, 2.24) is 9.21 Å². The van der Waals surface area contributed by atoms with E-state index in [0.29, 0.717) is 23.3 Å². The molecule has 0 amide bonds. The number of sulfonamides is 1. The Bertz CT molecular complexity index is 914. The normalized spacial score (nSPS) is 27.3. The van der Waals surface area contributed by atoms with Crippen molar-refractivity contribution in [3.05, 3.63) is 66.2 Å². The lowest BCUT2D eigenvalue weighted by Gasteiger charge is -2.38. The van der Waals surface area contributed by atoms with E-state index < -0.39 is 10.0 Å². The average molecular weight is 399 g/mol. The van der Waals surface area contributed by atoms with Crippen LogP contribution in [-0.4, -0.2) is 42.8 Å². The lowest BCUT2D eigenvalue weighted by molar-refractivity contribution is 0.137. The van der Waals surface area contributed by atoms with E-state index in [1.807, 2.05) is 12.1 Å². The van der Waals surface area contributed by atoms with Gasteiger partial charge in [0.1, 0.15) is 0 Å². The molecule has 1 saturated heterocycles. The summed E-state index contributed by atoms with van der Waals surface area (Å²) in [6.07, 6.45) is 1.98. The third-order valence-corrected chi connectivity index (χ3v) is 8.35. The van der Waals surface area contributed by atoms with Crippen molar-refractivity contribution in [2.75, 3.05) is 13.6 Å². The number of hydrogen-bond donors (Lipinski definition) is 0. The Labute approximate surface area is 169 Å². The van der Waals surface area contributed by atoms with Gasteiger partial charge in [-0.05, 0) is 49.4 Å². The van der Waals surface area contributed by atoms with Crippen LogP contribution in [0.25, 0.3) is 0 Å². The van der Waals surface area contributed by atoms with Crippen LogP contribution in [0.1, 0.15) is 32.3 Å². The van der Waals surface area contributed by atoms with E-state index in [1.54, 1.807) is 28.6 Å². The number of rotatable bonds is 7. The lowest BCUT2D eigenvalue weighted by atomic mass is 9.95. The first kappa shape index (κ1) is 19.6. The zero-order valence-corrected chi connectivity index (χ0v) is 17.8. The molecule has 0 unspecified atom stereocenters. The van der Waals surface area contributed by atoms with Crippen LogP contribution < -0.4 is 0 Å². The van der Waals surface area contributed by atoms with Gasteiger partial charge in [-0.15, -0.1) is 0 Å². The molecule has 150 valence electrons. The zero-order valence-electron chi connectivity index (χ0n) is 17.0. The standard InChI is InChI=1S/C23H30N2O2S/c1-18(2)14-22-23(24(3)16-19-10-6-4-7-11-19)15-20(23)17-25(22)28(26,27)21-12-8-5-9-13-21/h4-13,18,20,22H,14-17H2,1-3H3/t20-,22-,23+/m0/s1. The average Bonchev–Trinajstić information content (AvgIpc) is 3.33. The quantitative estimate of drug-likeness (QED) is 0.708. The SMILES string of the molecule is CC(C)C[C@@H]1N(S(=O)(=O)c2ccccc2)C[C@@H]2C[C@@]21N(C)Cc1ccccc1. The molecule has 3 atom stereocenters. The van der Waals surface area contributed by atoms with Crippen LogP contribution in [0.15, 0.2) is 65.6 Å². The minimum atomic E-state index is -3.47. The van der Waals surface area contributed by atoms with Crippen molar-refractivity contribution in [2.45, 2.75) is 49.7 Å². The Morgan fingerprint density at radius 3 is 2.29 bits per heavy atom. The number of fused-ring (bicyclic) bond motifs is 1. The molecule has 4 rings (SSSR count). The van der Waals surface area contributed by atoms with E-state index in [4.69, 9.17) is 0 Å². The van der Waals surface area contributed by atoms with Crippen molar-refractivity contribution >= 4 is 10.0 Å². The lowest BCUT2D eigenvalue weighted by Crippen LogP contribution is -2.50. The summed E-state index contributed by atoms with van der Waals surface area (Å²) in [4.78, 5) is 2.83. The predicted molar refractivity (Wildman–Crippen MR) is 112 cm³/mol. The van der Waals surface area contributed by atoms with E-state index in [-0.39, 0.29) is 11.6 Å². The molecule has 28 heavy (non-hydrogen) atoms. The summed E-state index contributed by atoms with van der Waals surface area (Å²) in [5.41, 5.74) is 1.24. The number of piperidine rings is 1. The fourth-order valence-electron chi connectivity index (χ4n) is 5.05. The molecule has 4 nitrogen and oxygen atoms in total. The van der Waals surface area contributed by atoms with Crippen molar-refractivity contribution in [1.29, 1.82) is 0 Å². The van der Waals surface area contributed by atoms with Gasteiger partial charge in [-0.3, -0.25) is 4.90 Å². The molecular formula is C23H30N2O2S. The smallest absolute Gasteiger partial charge is 0.243 e. The summed E-state index contributed by atoms with van der Waals surface area (Å²) in [6, 6.07) is 19.4. The molecule has 5 heteroatoms. The van der Waals surface area contributed by atoms with Gasteiger partial charge in [0.05, 0.1) is 4.90 Å². The van der Waals surface area contributed by atoms with Crippen molar-refractivity contribution in [3.8, 4) is 0 Å². The summed E-state index contributed by atoms with van der Waals surface area (Å²) >= 11 is 0. The van der Waals surface area contributed by atoms with Gasteiger partial charge in [0.2, 0.25) is 10.0 Å². The first-order chi connectivity index (χ1) is 13.4. The highest BCUT2D eigenvalue weighted by Crippen LogP contribution is 2.60. The van der Waals surface area contributed by atoms with E-state index in [2.05, 4.69) is 50.1 Å². The van der Waals surface area contributed by atoms with E-state index >= 15 is 0 Å².